The molecule has 0 aromatic rings. The number of carbonyl (C=O) groups is 1. The topological polar surface area (TPSA) is 26.3 Å². The number of ether oxygens (including phenoxy) is 1. The average molecular weight is 156 g/mol. The predicted molar refractivity (Wildman–Crippen MR) is 42.0 cm³/mol. The molecule has 0 aromatic heterocycles. The first-order chi connectivity index (χ1) is 4.74. The van der Waals surface area contributed by atoms with E-state index in [2.05, 4.69) is 12.6 Å². The maximum Gasteiger partial charge on any atom is 0.172 e. The number of methoxy groups -OCH3 is 1. The van der Waals surface area contributed by atoms with Gasteiger partial charge in [-0.25, -0.2) is 0 Å². The van der Waals surface area contributed by atoms with Crippen LogP contribution in [0.4, 0.5) is 0 Å². The highest BCUT2D eigenvalue weighted by Gasteiger charge is 2.12. The minimum atomic E-state index is -0.333. The molecule has 1 unspecified atom stereocenters. The number of allylic oxidation sites excluding steroid dienone is 2. The smallest absolute Gasteiger partial charge is 0.172 e. The van der Waals surface area contributed by atoms with Crippen LogP contribution in [0, 0.1) is 0 Å². The minimum absolute atomic E-state index is 0.00383. The molecule has 0 N–H and O–H groups in total. The standard InChI is InChI=1S/C7H8O2S/c1-9-5-2-3-6(8)7(10)4-5/h2-4,7,10H,1H3. The highest BCUT2D eigenvalue weighted by Crippen LogP contribution is 2.12. The maximum atomic E-state index is 10.8. The summed E-state index contributed by atoms with van der Waals surface area (Å²) in [6.07, 6.45) is 4.77. The van der Waals surface area contributed by atoms with Gasteiger partial charge in [-0.2, -0.15) is 12.6 Å². The summed E-state index contributed by atoms with van der Waals surface area (Å²) in [5.41, 5.74) is 0. The van der Waals surface area contributed by atoms with Gasteiger partial charge in [0.05, 0.1) is 12.4 Å². The van der Waals surface area contributed by atoms with Crippen LogP contribution in [0.1, 0.15) is 0 Å². The van der Waals surface area contributed by atoms with Crippen molar-refractivity contribution in [1.82, 2.24) is 0 Å². The number of hydrogen-bond acceptors (Lipinski definition) is 3. The van der Waals surface area contributed by atoms with E-state index in [9.17, 15) is 4.79 Å². The molecule has 0 saturated carbocycles. The molecule has 0 radical (unpaired) electrons. The van der Waals surface area contributed by atoms with Crippen molar-refractivity contribution >= 4 is 18.4 Å². The quantitative estimate of drug-likeness (QED) is 0.572. The molecule has 0 spiro atoms. The number of rotatable bonds is 1. The molecule has 1 rings (SSSR count). The van der Waals surface area contributed by atoms with Crippen molar-refractivity contribution in [2.75, 3.05) is 7.11 Å². The molecule has 3 heteroatoms. The zero-order valence-corrected chi connectivity index (χ0v) is 6.47. The molecule has 2 nitrogen and oxygen atoms in total. The normalized spacial score (nSPS) is 24.4. The van der Waals surface area contributed by atoms with E-state index in [1.54, 1.807) is 19.3 Å². The molecule has 1 aliphatic rings. The van der Waals surface area contributed by atoms with Crippen LogP contribution in [0.2, 0.25) is 0 Å². The lowest BCUT2D eigenvalue weighted by Crippen LogP contribution is -2.12. The first-order valence-electron chi connectivity index (χ1n) is 2.90. The van der Waals surface area contributed by atoms with Gasteiger partial charge in [0.25, 0.3) is 0 Å². The maximum absolute atomic E-state index is 10.8. The molecule has 10 heavy (non-hydrogen) atoms. The Bertz CT molecular complexity index is 206. The Morgan fingerprint density at radius 1 is 1.60 bits per heavy atom. The van der Waals surface area contributed by atoms with Crippen LogP contribution in [0.5, 0.6) is 0 Å². The molecular formula is C7H8O2S. The Labute approximate surface area is 65.0 Å². The van der Waals surface area contributed by atoms with E-state index in [4.69, 9.17) is 4.74 Å². The van der Waals surface area contributed by atoms with Crippen LogP contribution < -0.4 is 0 Å². The van der Waals surface area contributed by atoms with Crippen molar-refractivity contribution < 1.29 is 9.53 Å². The summed E-state index contributed by atoms with van der Waals surface area (Å²) in [6, 6.07) is 0. The second-order valence-corrected chi connectivity index (χ2v) is 2.51. The third-order valence-electron chi connectivity index (χ3n) is 1.26. The van der Waals surface area contributed by atoms with Crippen LogP contribution >= 0.6 is 12.6 Å². The fraction of sp³-hybridized carbons (Fsp3) is 0.286. The monoisotopic (exact) mass is 156 g/mol. The lowest BCUT2D eigenvalue weighted by atomic mass is 10.1. The first kappa shape index (κ1) is 7.41. The minimum Gasteiger partial charge on any atom is -0.497 e. The molecule has 0 bridgehead atoms. The number of carbonyl (C=O) groups excluding carboxylic acids is 1. The summed E-state index contributed by atoms with van der Waals surface area (Å²) in [6.45, 7) is 0. The van der Waals surface area contributed by atoms with Crippen LogP contribution in [-0.2, 0) is 9.53 Å². The molecule has 1 aliphatic carbocycles. The largest absolute Gasteiger partial charge is 0.497 e. The van der Waals surface area contributed by atoms with Crippen molar-refractivity contribution in [3.8, 4) is 0 Å². The Kier molecular flexibility index (Phi) is 2.17. The molecular weight excluding hydrogens is 148 g/mol. The summed E-state index contributed by atoms with van der Waals surface area (Å²) in [4.78, 5) is 10.8. The summed E-state index contributed by atoms with van der Waals surface area (Å²) < 4.78 is 4.88. The van der Waals surface area contributed by atoms with Crippen LogP contribution in [0.25, 0.3) is 0 Å². The highest BCUT2D eigenvalue weighted by atomic mass is 32.1. The molecule has 0 aromatic carbocycles. The van der Waals surface area contributed by atoms with Gasteiger partial charge in [-0.15, -0.1) is 0 Å². The number of thiol groups is 1. The van der Waals surface area contributed by atoms with E-state index in [0.29, 0.717) is 5.76 Å². The lowest BCUT2D eigenvalue weighted by molar-refractivity contribution is -0.113. The molecule has 1 atom stereocenters. The van der Waals surface area contributed by atoms with Gasteiger partial charge in [0.1, 0.15) is 5.76 Å². The Balaban J connectivity index is 2.75. The SMILES string of the molecule is COC1=CC(S)C(=O)C=C1. The van der Waals surface area contributed by atoms with Crippen LogP contribution in [0.15, 0.2) is 24.0 Å². The van der Waals surface area contributed by atoms with E-state index in [0.717, 1.165) is 0 Å². The summed E-state index contributed by atoms with van der Waals surface area (Å²) in [7, 11) is 1.56. The van der Waals surface area contributed by atoms with E-state index in [1.807, 2.05) is 0 Å². The van der Waals surface area contributed by atoms with Gasteiger partial charge in [0.15, 0.2) is 5.78 Å². The lowest BCUT2D eigenvalue weighted by Gasteiger charge is -2.08. The molecule has 54 valence electrons. The number of hydrogen-bond donors (Lipinski definition) is 1. The second kappa shape index (κ2) is 2.92. The zero-order chi connectivity index (χ0) is 7.56. The van der Waals surface area contributed by atoms with E-state index < -0.39 is 0 Å². The second-order valence-electron chi connectivity index (χ2n) is 1.95. The highest BCUT2D eigenvalue weighted by molar-refractivity contribution is 7.82. The third kappa shape index (κ3) is 1.42. The van der Waals surface area contributed by atoms with Gasteiger partial charge in [-0.1, -0.05) is 0 Å². The van der Waals surface area contributed by atoms with Crippen molar-refractivity contribution in [2.45, 2.75) is 5.25 Å². The summed E-state index contributed by atoms with van der Waals surface area (Å²) >= 11 is 4.01. The van der Waals surface area contributed by atoms with Gasteiger partial charge in [0, 0.05) is 0 Å². The van der Waals surface area contributed by atoms with Gasteiger partial charge in [-0.3, -0.25) is 4.79 Å². The van der Waals surface area contributed by atoms with E-state index in [-0.39, 0.29) is 11.0 Å². The fourth-order valence-corrected chi connectivity index (χ4v) is 0.925. The van der Waals surface area contributed by atoms with Crippen molar-refractivity contribution in [2.24, 2.45) is 0 Å². The van der Waals surface area contributed by atoms with Gasteiger partial charge in [0.2, 0.25) is 0 Å². The zero-order valence-electron chi connectivity index (χ0n) is 5.57. The first-order valence-corrected chi connectivity index (χ1v) is 3.41. The molecule has 0 amide bonds. The van der Waals surface area contributed by atoms with E-state index >= 15 is 0 Å². The van der Waals surface area contributed by atoms with Crippen molar-refractivity contribution in [3.63, 3.8) is 0 Å². The van der Waals surface area contributed by atoms with Crippen LogP contribution in [-0.4, -0.2) is 18.1 Å². The molecule has 0 heterocycles. The molecule has 0 fully saturated rings. The average Bonchev–Trinajstić information content (AvgIpc) is 1.95. The Morgan fingerprint density at radius 2 is 2.30 bits per heavy atom. The summed E-state index contributed by atoms with van der Waals surface area (Å²) in [5, 5.41) is -0.333. The summed E-state index contributed by atoms with van der Waals surface area (Å²) in [5.74, 6) is 0.698. The van der Waals surface area contributed by atoms with E-state index in [1.165, 1.54) is 6.08 Å². The fourth-order valence-electron chi connectivity index (χ4n) is 0.692. The van der Waals surface area contributed by atoms with Crippen molar-refractivity contribution in [3.05, 3.63) is 24.0 Å². The Hall–Kier alpha value is -0.700. The van der Waals surface area contributed by atoms with Gasteiger partial charge < -0.3 is 4.74 Å². The molecule has 0 aliphatic heterocycles. The number of ketones is 1. The predicted octanol–water partition coefficient (Wildman–Crippen LogP) is 0.954. The van der Waals surface area contributed by atoms with Gasteiger partial charge >= 0.3 is 0 Å². The molecule has 0 saturated heterocycles. The third-order valence-corrected chi connectivity index (χ3v) is 1.66. The van der Waals surface area contributed by atoms with Gasteiger partial charge in [-0.05, 0) is 18.2 Å². The Morgan fingerprint density at radius 3 is 2.80 bits per heavy atom. The van der Waals surface area contributed by atoms with Crippen LogP contribution in [0.3, 0.4) is 0 Å². The van der Waals surface area contributed by atoms with Crippen molar-refractivity contribution in [1.29, 1.82) is 0 Å².